The fourth-order valence-electron chi connectivity index (χ4n) is 5.27. The molecule has 9 nitrogen and oxygen atoms in total. The first-order chi connectivity index (χ1) is 21.0. The SMILES string of the molecule is COCc1cc(N2CCN(CC=Cc3ccccc3)CC2)nc(SCc2ccc(C(=O)N3CCN(C(C)=O)CC3)cc2)n1. The highest BCUT2D eigenvalue weighted by Crippen LogP contribution is 2.24. The summed E-state index contributed by atoms with van der Waals surface area (Å²) in [5.41, 5.74) is 3.86. The molecule has 3 heterocycles. The number of carbonyl (C=O) groups excluding carboxylic acids is 2. The molecule has 10 heteroatoms. The van der Waals surface area contributed by atoms with Crippen LogP contribution in [0.3, 0.4) is 0 Å². The lowest BCUT2D eigenvalue weighted by Crippen LogP contribution is -2.50. The summed E-state index contributed by atoms with van der Waals surface area (Å²) in [6, 6.07) is 20.2. The zero-order valence-corrected chi connectivity index (χ0v) is 25.8. The zero-order valence-electron chi connectivity index (χ0n) is 25.0. The van der Waals surface area contributed by atoms with Crippen LogP contribution in [0.15, 0.2) is 71.9 Å². The van der Waals surface area contributed by atoms with Crippen LogP contribution >= 0.6 is 11.8 Å². The summed E-state index contributed by atoms with van der Waals surface area (Å²) < 4.78 is 5.40. The van der Waals surface area contributed by atoms with Crippen LogP contribution < -0.4 is 4.90 Å². The molecule has 0 saturated carbocycles. The Labute approximate surface area is 258 Å². The number of benzene rings is 2. The highest BCUT2D eigenvalue weighted by atomic mass is 32.2. The number of anilines is 1. The summed E-state index contributed by atoms with van der Waals surface area (Å²) >= 11 is 1.59. The summed E-state index contributed by atoms with van der Waals surface area (Å²) in [5, 5.41) is 0.723. The van der Waals surface area contributed by atoms with Crippen molar-refractivity contribution in [1.82, 2.24) is 24.7 Å². The van der Waals surface area contributed by atoms with Crippen LogP contribution in [0.5, 0.6) is 0 Å². The lowest BCUT2D eigenvalue weighted by Gasteiger charge is -2.35. The fraction of sp³-hybridized carbons (Fsp3) is 0.394. The molecule has 0 spiro atoms. The normalized spacial score (nSPS) is 16.2. The molecule has 5 rings (SSSR count). The quantitative estimate of drug-likeness (QED) is 0.255. The highest BCUT2D eigenvalue weighted by Gasteiger charge is 2.23. The molecule has 2 aromatic carbocycles. The third-order valence-electron chi connectivity index (χ3n) is 7.79. The second-order valence-electron chi connectivity index (χ2n) is 10.8. The largest absolute Gasteiger partial charge is 0.378 e. The van der Waals surface area contributed by atoms with E-state index in [4.69, 9.17) is 14.7 Å². The van der Waals surface area contributed by atoms with Gasteiger partial charge in [-0.25, -0.2) is 9.97 Å². The number of ether oxygens (including phenoxy) is 1. The van der Waals surface area contributed by atoms with Crippen molar-refractivity contribution < 1.29 is 14.3 Å². The van der Waals surface area contributed by atoms with Gasteiger partial charge in [0.25, 0.3) is 5.91 Å². The van der Waals surface area contributed by atoms with Crippen LogP contribution in [-0.4, -0.2) is 102 Å². The topological polar surface area (TPSA) is 82.1 Å². The van der Waals surface area contributed by atoms with Crippen molar-refractivity contribution in [2.24, 2.45) is 0 Å². The van der Waals surface area contributed by atoms with Crippen LogP contribution in [0, 0.1) is 0 Å². The second kappa shape index (κ2) is 15.1. The lowest BCUT2D eigenvalue weighted by molar-refractivity contribution is -0.130. The second-order valence-corrected chi connectivity index (χ2v) is 11.8. The van der Waals surface area contributed by atoms with Gasteiger partial charge in [-0.15, -0.1) is 0 Å². The lowest BCUT2D eigenvalue weighted by atomic mass is 10.1. The standard InChI is InChI=1S/C33H40N6O3S/c1-26(40)37-19-21-39(22-20-37)32(41)29-12-10-28(11-13-29)25-43-33-34-30(24-42-2)23-31(35-33)38-17-15-36(16-18-38)14-6-9-27-7-4-3-5-8-27/h3-13,23H,14-22,24-25H2,1-2H3. The maximum Gasteiger partial charge on any atom is 0.253 e. The number of nitrogens with zero attached hydrogens (tertiary/aromatic N) is 6. The Hall–Kier alpha value is -3.73. The van der Waals surface area contributed by atoms with Crippen LogP contribution in [0.25, 0.3) is 6.08 Å². The van der Waals surface area contributed by atoms with Gasteiger partial charge < -0.3 is 19.4 Å². The number of hydrogen-bond donors (Lipinski definition) is 0. The monoisotopic (exact) mass is 600 g/mol. The molecule has 0 unspecified atom stereocenters. The van der Waals surface area contributed by atoms with Crippen molar-refractivity contribution in [2.45, 2.75) is 24.4 Å². The smallest absolute Gasteiger partial charge is 0.253 e. The molecule has 0 radical (unpaired) electrons. The van der Waals surface area contributed by atoms with Gasteiger partial charge in [-0.05, 0) is 23.3 Å². The molecule has 2 aliphatic rings. The van der Waals surface area contributed by atoms with Crippen molar-refractivity contribution in [3.05, 3.63) is 89.1 Å². The molecule has 2 amide bonds. The Morgan fingerprint density at radius 2 is 1.58 bits per heavy atom. The van der Waals surface area contributed by atoms with Crippen molar-refractivity contribution >= 4 is 35.5 Å². The van der Waals surface area contributed by atoms with Gasteiger partial charge in [0.1, 0.15) is 5.82 Å². The maximum absolute atomic E-state index is 13.0. The average molecular weight is 601 g/mol. The van der Waals surface area contributed by atoms with Crippen molar-refractivity contribution in [2.75, 3.05) is 70.9 Å². The molecule has 43 heavy (non-hydrogen) atoms. The van der Waals surface area contributed by atoms with E-state index in [1.807, 2.05) is 41.3 Å². The summed E-state index contributed by atoms with van der Waals surface area (Å²) in [7, 11) is 1.68. The van der Waals surface area contributed by atoms with E-state index in [-0.39, 0.29) is 11.8 Å². The first-order valence-electron chi connectivity index (χ1n) is 14.8. The molecule has 3 aromatic rings. The number of carbonyl (C=O) groups is 2. The van der Waals surface area contributed by atoms with Gasteiger partial charge in [0.05, 0.1) is 12.3 Å². The van der Waals surface area contributed by atoms with E-state index in [1.165, 1.54) is 5.56 Å². The zero-order chi connectivity index (χ0) is 30.0. The molecule has 2 saturated heterocycles. The van der Waals surface area contributed by atoms with Crippen molar-refractivity contribution in [3.8, 4) is 0 Å². The molecule has 2 aliphatic heterocycles. The van der Waals surface area contributed by atoms with Gasteiger partial charge in [0, 0.05) is 90.3 Å². The van der Waals surface area contributed by atoms with E-state index in [0.717, 1.165) is 55.0 Å². The number of piperazine rings is 2. The van der Waals surface area contributed by atoms with E-state index >= 15 is 0 Å². The highest BCUT2D eigenvalue weighted by molar-refractivity contribution is 7.98. The van der Waals surface area contributed by atoms with Gasteiger partial charge in [-0.2, -0.15) is 0 Å². The molecule has 0 bridgehead atoms. The third kappa shape index (κ3) is 8.65. The summed E-state index contributed by atoms with van der Waals surface area (Å²) in [4.78, 5) is 42.6. The fourth-order valence-corrected chi connectivity index (χ4v) is 6.10. The van der Waals surface area contributed by atoms with E-state index in [2.05, 4.69) is 46.2 Å². The van der Waals surface area contributed by atoms with Crippen LogP contribution in [-0.2, 0) is 21.9 Å². The molecule has 0 atom stereocenters. The molecular weight excluding hydrogens is 560 g/mol. The Bertz CT molecular complexity index is 1390. The molecular formula is C33H40N6O3S. The first-order valence-corrected chi connectivity index (χ1v) is 15.8. The van der Waals surface area contributed by atoms with E-state index in [0.29, 0.717) is 44.1 Å². The van der Waals surface area contributed by atoms with E-state index in [1.54, 1.807) is 30.7 Å². The minimum Gasteiger partial charge on any atom is -0.378 e. The number of rotatable bonds is 10. The Balaban J connectivity index is 1.14. The van der Waals surface area contributed by atoms with Crippen molar-refractivity contribution in [3.63, 3.8) is 0 Å². The van der Waals surface area contributed by atoms with Crippen molar-refractivity contribution in [1.29, 1.82) is 0 Å². The van der Waals surface area contributed by atoms with Gasteiger partial charge in [0.2, 0.25) is 5.91 Å². The number of aromatic nitrogens is 2. The van der Waals surface area contributed by atoms with Crippen LogP contribution in [0.1, 0.15) is 34.1 Å². The molecule has 226 valence electrons. The maximum atomic E-state index is 13.0. The molecule has 0 N–H and O–H groups in total. The predicted octanol–water partition coefficient (Wildman–Crippen LogP) is 4.06. The van der Waals surface area contributed by atoms with E-state index < -0.39 is 0 Å². The minimum atomic E-state index is 0.00922. The predicted molar refractivity (Wildman–Crippen MR) is 171 cm³/mol. The number of methoxy groups -OCH3 is 1. The van der Waals surface area contributed by atoms with Crippen LogP contribution in [0.2, 0.25) is 0 Å². The van der Waals surface area contributed by atoms with Gasteiger partial charge in [-0.1, -0.05) is 66.4 Å². The van der Waals surface area contributed by atoms with Gasteiger partial charge in [-0.3, -0.25) is 14.5 Å². The summed E-state index contributed by atoms with van der Waals surface area (Å²) in [6.45, 7) is 9.00. The van der Waals surface area contributed by atoms with Gasteiger partial charge >= 0.3 is 0 Å². The number of amides is 2. The Morgan fingerprint density at radius 1 is 0.884 bits per heavy atom. The molecule has 1 aromatic heterocycles. The summed E-state index contributed by atoms with van der Waals surface area (Å²) in [6.07, 6.45) is 4.42. The Kier molecular flexibility index (Phi) is 10.8. The summed E-state index contributed by atoms with van der Waals surface area (Å²) in [5.74, 6) is 1.70. The molecule has 0 aliphatic carbocycles. The van der Waals surface area contributed by atoms with Crippen LogP contribution in [0.4, 0.5) is 5.82 Å². The number of thioether (sulfide) groups is 1. The van der Waals surface area contributed by atoms with E-state index in [9.17, 15) is 9.59 Å². The minimum absolute atomic E-state index is 0.00922. The third-order valence-corrected chi connectivity index (χ3v) is 8.71. The first kappa shape index (κ1) is 30.7. The number of hydrogen-bond acceptors (Lipinski definition) is 8. The average Bonchev–Trinajstić information content (AvgIpc) is 3.05. The molecule has 2 fully saturated rings. The van der Waals surface area contributed by atoms with Gasteiger partial charge in [0.15, 0.2) is 5.16 Å². The Morgan fingerprint density at radius 3 is 2.26 bits per heavy atom.